The summed E-state index contributed by atoms with van der Waals surface area (Å²) < 4.78 is 0. The molecule has 2 amide bonds. The molecule has 0 saturated carbocycles. The molecule has 0 aliphatic carbocycles. The van der Waals surface area contributed by atoms with Crippen LogP contribution in [0.1, 0.15) is 42.3 Å². The molecule has 0 aliphatic heterocycles. The summed E-state index contributed by atoms with van der Waals surface area (Å²) in [4.78, 5) is 31.0. The minimum atomic E-state index is -0.549. The molecular weight excluding hydrogens is 406 g/mol. The first kappa shape index (κ1) is 20.8. The third-order valence-corrected chi connectivity index (χ3v) is 6.74. The summed E-state index contributed by atoms with van der Waals surface area (Å²) in [7, 11) is 0. The van der Waals surface area contributed by atoms with E-state index in [0.29, 0.717) is 16.1 Å². The number of nitrogens with zero attached hydrogens (tertiary/aromatic N) is 1. The predicted octanol–water partition coefficient (Wildman–Crippen LogP) is 5.55. The molecule has 0 saturated heterocycles. The van der Waals surface area contributed by atoms with Crippen molar-refractivity contribution in [2.45, 2.75) is 27.7 Å². The van der Waals surface area contributed by atoms with Crippen LogP contribution in [0.3, 0.4) is 0 Å². The number of rotatable bonds is 4. The number of hydrogen-bond donors (Lipinski definition) is 2. The van der Waals surface area contributed by atoms with E-state index in [1.54, 1.807) is 6.07 Å². The first-order chi connectivity index (χ1) is 14.8. The van der Waals surface area contributed by atoms with Crippen molar-refractivity contribution in [3.63, 3.8) is 0 Å². The van der Waals surface area contributed by atoms with Gasteiger partial charge >= 0.3 is 0 Å². The second-order valence-corrected chi connectivity index (χ2v) is 8.90. The van der Waals surface area contributed by atoms with Crippen molar-refractivity contribution in [3.05, 3.63) is 81.2 Å². The molecule has 0 atom stereocenters. The zero-order valence-electron chi connectivity index (χ0n) is 17.9. The van der Waals surface area contributed by atoms with E-state index < -0.39 is 5.91 Å². The van der Waals surface area contributed by atoms with Crippen molar-refractivity contribution < 1.29 is 9.59 Å². The first-order valence-electron chi connectivity index (χ1n) is 9.95. The molecule has 0 unspecified atom stereocenters. The number of amides is 2. The highest BCUT2D eigenvalue weighted by atomic mass is 32.1. The lowest BCUT2D eigenvalue weighted by Crippen LogP contribution is -2.18. The number of para-hydroxylation sites is 1. The average Bonchev–Trinajstić information content (AvgIpc) is 3.02. The predicted molar refractivity (Wildman–Crippen MR) is 127 cm³/mol. The van der Waals surface area contributed by atoms with Gasteiger partial charge in [0.2, 0.25) is 0 Å². The van der Waals surface area contributed by atoms with Gasteiger partial charge in [-0.25, -0.2) is 4.98 Å². The lowest BCUT2D eigenvalue weighted by atomic mass is 10.0. The van der Waals surface area contributed by atoms with Gasteiger partial charge in [0.25, 0.3) is 11.8 Å². The number of aryl methyl sites for hydroxylation is 3. The van der Waals surface area contributed by atoms with E-state index in [1.807, 2.05) is 44.2 Å². The topological polar surface area (TPSA) is 85.1 Å². The zero-order chi connectivity index (χ0) is 22.3. The van der Waals surface area contributed by atoms with Crippen molar-refractivity contribution in [2.24, 2.45) is 5.73 Å². The summed E-state index contributed by atoms with van der Waals surface area (Å²) in [5, 5.41) is 4.13. The van der Waals surface area contributed by atoms with Crippen LogP contribution in [0.4, 0.5) is 5.00 Å². The highest BCUT2D eigenvalue weighted by molar-refractivity contribution is 7.16. The van der Waals surface area contributed by atoms with Gasteiger partial charge in [-0.05, 0) is 62.6 Å². The monoisotopic (exact) mass is 429 g/mol. The summed E-state index contributed by atoms with van der Waals surface area (Å²) in [6, 6.07) is 15.5. The molecule has 2 aromatic heterocycles. The van der Waals surface area contributed by atoms with Gasteiger partial charge < -0.3 is 11.1 Å². The molecule has 0 spiro atoms. The van der Waals surface area contributed by atoms with E-state index in [-0.39, 0.29) is 5.91 Å². The number of pyridine rings is 1. The van der Waals surface area contributed by atoms with Crippen LogP contribution in [-0.2, 0) is 0 Å². The molecule has 2 heterocycles. The number of fused-ring (bicyclic) bond motifs is 1. The van der Waals surface area contributed by atoms with E-state index in [2.05, 4.69) is 31.3 Å². The van der Waals surface area contributed by atoms with Crippen LogP contribution in [0.5, 0.6) is 0 Å². The standard InChI is InChI=1S/C25H23N3O2S/c1-13-9-10-17(11-14(13)2)21-12-19(18-7-5-6-8-20(18)27-21)24(30)28-25-22(23(26)29)15(3)16(4)31-25/h5-12H,1-4H3,(H2,26,29)(H,28,30). The maximum Gasteiger partial charge on any atom is 0.257 e. The third-order valence-electron chi connectivity index (χ3n) is 5.62. The first-order valence-corrected chi connectivity index (χ1v) is 10.8. The maximum absolute atomic E-state index is 13.3. The summed E-state index contributed by atoms with van der Waals surface area (Å²) in [6.07, 6.45) is 0. The van der Waals surface area contributed by atoms with Crippen LogP contribution >= 0.6 is 11.3 Å². The Hall–Kier alpha value is -3.51. The van der Waals surface area contributed by atoms with Gasteiger partial charge in [0, 0.05) is 15.8 Å². The second-order valence-electron chi connectivity index (χ2n) is 7.68. The normalized spacial score (nSPS) is 11.0. The van der Waals surface area contributed by atoms with Crippen molar-refractivity contribution >= 4 is 39.1 Å². The van der Waals surface area contributed by atoms with E-state index in [1.165, 1.54) is 16.9 Å². The lowest BCUT2D eigenvalue weighted by molar-refractivity contribution is 0.100. The highest BCUT2D eigenvalue weighted by Crippen LogP contribution is 2.33. The molecule has 0 fully saturated rings. The van der Waals surface area contributed by atoms with Crippen molar-refractivity contribution in [1.82, 2.24) is 4.98 Å². The van der Waals surface area contributed by atoms with Crippen molar-refractivity contribution in [3.8, 4) is 11.3 Å². The van der Waals surface area contributed by atoms with E-state index in [4.69, 9.17) is 10.7 Å². The van der Waals surface area contributed by atoms with Crippen LogP contribution in [0.2, 0.25) is 0 Å². The maximum atomic E-state index is 13.3. The van der Waals surface area contributed by atoms with E-state index in [9.17, 15) is 9.59 Å². The van der Waals surface area contributed by atoms with Gasteiger partial charge in [-0.1, -0.05) is 30.3 Å². The molecule has 0 radical (unpaired) electrons. The smallest absolute Gasteiger partial charge is 0.257 e. The van der Waals surface area contributed by atoms with Crippen LogP contribution in [-0.4, -0.2) is 16.8 Å². The SMILES string of the molecule is Cc1ccc(-c2cc(C(=O)Nc3sc(C)c(C)c3C(N)=O)c3ccccc3n2)cc1C. The van der Waals surface area contributed by atoms with Crippen LogP contribution < -0.4 is 11.1 Å². The van der Waals surface area contributed by atoms with Gasteiger partial charge in [-0.3, -0.25) is 9.59 Å². The number of aromatic nitrogens is 1. The molecule has 4 aromatic rings. The lowest BCUT2D eigenvalue weighted by Gasteiger charge is -2.11. The number of thiophene rings is 1. The highest BCUT2D eigenvalue weighted by Gasteiger charge is 2.21. The van der Waals surface area contributed by atoms with Gasteiger partial charge in [0.1, 0.15) is 5.00 Å². The summed E-state index contributed by atoms with van der Waals surface area (Å²) in [6.45, 7) is 7.86. The van der Waals surface area contributed by atoms with Gasteiger partial charge in [0.15, 0.2) is 0 Å². The molecule has 3 N–H and O–H groups in total. The molecule has 0 aliphatic rings. The molecule has 2 aromatic carbocycles. The third kappa shape index (κ3) is 3.82. The van der Waals surface area contributed by atoms with E-state index >= 15 is 0 Å². The summed E-state index contributed by atoms with van der Waals surface area (Å²) in [5.41, 5.74) is 12.0. The minimum absolute atomic E-state index is 0.299. The zero-order valence-corrected chi connectivity index (χ0v) is 18.7. The Kier molecular flexibility index (Phi) is 5.33. The number of hydrogen-bond acceptors (Lipinski definition) is 4. The molecular formula is C25H23N3O2S. The molecule has 4 rings (SSSR count). The molecule has 5 nitrogen and oxygen atoms in total. The molecule has 6 heteroatoms. The fraction of sp³-hybridized carbons (Fsp3) is 0.160. The number of benzene rings is 2. The van der Waals surface area contributed by atoms with Crippen LogP contribution in [0.15, 0.2) is 48.5 Å². The molecule has 31 heavy (non-hydrogen) atoms. The number of nitrogens with two attached hydrogens (primary N) is 1. The largest absolute Gasteiger partial charge is 0.365 e. The summed E-state index contributed by atoms with van der Waals surface area (Å²) >= 11 is 1.35. The number of carbonyl (C=O) groups excluding carboxylic acids is 2. The molecule has 156 valence electrons. The number of carbonyl (C=O) groups is 2. The van der Waals surface area contributed by atoms with Crippen LogP contribution in [0.25, 0.3) is 22.2 Å². The minimum Gasteiger partial charge on any atom is -0.365 e. The number of nitrogens with one attached hydrogen (secondary N) is 1. The Morgan fingerprint density at radius 2 is 1.71 bits per heavy atom. The second kappa shape index (κ2) is 7.96. The Morgan fingerprint density at radius 1 is 0.968 bits per heavy atom. The Labute approximate surface area is 184 Å². The average molecular weight is 430 g/mol. The Morgan fingerprint density at radius 3 is 2.42 bits per heavy atom. The fourth-order valence-electron chi connectivity index (χ4n) is 3.59. The number of anilines is 1. The van der Waals surface area contributed by atoms with Gasteiger partial charge in [0.05, 0.1) is 22.3 Å². The van der Waals surface area contributed by atoms with Crippen molar-refractivity contribution in [1.29, 1.82) is 0 Å². The Bertz CT molecular complexity index is 1350. The quantitative estimate of drug-likeness (QED) is 0.446. The van der Waals surface area contributed by atoms with Crippen LogP contribution in [0, 0.1) is 27.7 Å². The summed E-state index contributed by atoms with van der Waals surface area (Å²) in [5.74, 6) is -0.847. The number of primary amides is 1. The van der Waals surface area contributed by atoms with E-state index in [0.717, 1.165) is 38.2 Å². The molecule has 0 bridgehead atoms. The fourth-order valence-corrected chi connectivity index (χ4v) is 4.65. The van der Waals surface area contributed by atoms with Crippen molar-refractivity contribution in [2.75, 3.05) is 5.32 Å². The van der Waals surface area contributed by atoms with Gasteiger partial charge in [-0.2, -0.15) is 0 Å². The Balaban J connectivity index is 1.83. The van der Waals surface area contributed by atoms with Gasteiger partial charge in [-0.15, -0.1) is 11.3 Å².